The van der Waals surface area contributed by atoms with Crippen LogP contribution in [0.5, 0.6) is 11.5 Å². The van der Waals surface area contributed by atoms with Crippen LogP contribution in [0.1, 0.15) is 33.9 Å². The zero-order valence-electron chi connectivity index (χ0n) is 16.9. The van der Waals surface area contributed by atoms with Crippen LogP contribution < -0.4 is 20.1 Å². The van der Waals surface area contributed by atoms with Crippen LogP contribution in [0.3, 0.4) is 0 Å². The number of thiophene rings is 1. The number of alkyl halides is 3. The van der Waals surface area contributed by atoms with Gasteiger partial charge in [0.25, 0.3) is 5.91 Å². The third-order valence-corrected chi connectivity index (χ3v) is 6.38. The summed E-state index contributed by atoms with van der Waals surface area (Å²) in [5.41, 5.74) is 0.0245. The van der Waals surface area contributed by atoms with E-state index in [1.807, 2.05) is 0 Å². The van der Waals surface area contributed by atoms with Gasteiger partial charge in [-0.05, 0) is 23.6 Å². The summed E-state index contributed by atoms with van der Waals surface area (Å²) in [6.45, 7) is 0. The molecule has 1 aliphatic rings. The predicted octanol–water partition coefficient (Wildman–Crippen LogP) is 5.53. The zero-order chi connectivity index (χ0) is 23.0. The number of hydrogen-bond donors (Lipinski definition) is 2. The van der Waals surface area contributed by atoms with Gasteiger partial charge in [0.05, 0.1) is 20.3 Å². The molecule has 0 bridgehead atoms. The first-order valence-corrected chi connectivity index (χ1v) is 10.7. The molecule has 1 amide bonds. The molecule has 1 aliphatic heterocycles. The number of ether oxygens (including phenoxy) is 2. The van der Waals surface area contributed by atoms with Crippen LogP contribution in [0.4, 0.5) is 24.7 Å². The molecule has 0 saturated heterocycles. The Morgan fingerprint density at radius 2 is 2.03 bits per heavy atom. The van der Waals surface area contributed by atoms with Gasteiger partial charge in [-0.2, -0.15) is 18.3 Å². The molecule has 7 nitrogen and oxygen atoms in total. The molecule has 3 aromatic rings. The number of benzene rings is 1. The van der Waals surface area contributed by atoms with Crippen LogP contribution in [0.15, 0.2) is 35.7 Å². The van der Waals surface area contributed by atoms with Crippen LogP contribution in [-0.2, 0) is 0 Å². The fourth-order valence-electron chi connectivity index (χ4n) is 3.51. The van der Waals surface area contributed by atoms with Gasteiger partial charge in [0, 0.05) is 23.1 Å². The molecule has 0 radical (unpaired) electrons. The van der Waals surface area contributed by atoms with Crippen molar-refractivity contribution in [3.8, 4) is 11.5 Å². The first-order chi connectivity index (χ1) is 15.2. The molecule has 12 heteroatoms. The van der Waals surface area contributed by atoms with E-state index >= 15 is 0 Å². The van der Waals surface area contributed by atoms with Crippen molar-refractivity contribution in [3.05, 3.63) is 51.3 Å². The highest BCUT2D eigenvalue weighted by atomic mass is 35.5. The average molecular weight is 487 g/mol. The first kappa shape index (κ1) is 22.3. The van der Waals surface area contributed by atoms with Crippen LogP contribution in [-0.4, -0.2) is 36.1 Å². The van der Waals surface area contributed by atoms with Crippen molar-refractivity contribution in [2.24, 2.45) is 0 Å². The molecular weight excluding hydrogens is 469 g/mol. The molecule has 0 saturated carbocycles. The van der Waals surface area contributed by atoms with E-state index in [-0.39, 0.29) is 23.0 Å². The van der Waals surface area contributed by atoms with E-state index in [4.69, 9.17) is 21.1 Å². The molecule has 0 fully saturated rings. The minimum Gasteiger partial charge on any atom is -0.493 e. The van der Waals surface area contributed by atoms with Gasteiger partial charge in [-0.1, -0.05) is 17.7 Å². The van der Waals surface area contributed by atoms with Gasteiger partial charge in [0.1, 0.15) is 10.8 Å². The molecule has 0 spiro atoms. The Kier molecular flexibility index (Phi) is 5.95. The number of carbonyl (C=O) groups is 1. The number of anilines is 2. The Balaban J connectivity index is 1.67. The Morgan fingerprint density at radius 1 is 1.28 bits per heavy atom. The second kappa shape index (κ2) is 8.55. The fraction of sp³-hybridized carbons (Fsp3) is 0.300. The zero-order valence-corrected chi connectivity index (χ0v) is 18.4. The van der Waals surface area contributed by atoms with E-state index in [9.17, 15) is 18.0 Å². The SMILES string of the molecule is COc1ccc(NC(=O)c2nn3c(c2Cl)N[C@@H](c2cccs2)C[C@@H]3C(F)(F)F)cc1OC. The first-order valence-electron chi connectivity index (χ1n) is 9.41. The molecule has 2 N–H and O–H groups in total. The third-order valence-electron chi connectivity index (χ3n) is 5.04. The molecule has 2 aromatic heterocycles. The van der Waals surface area contributed by atoms with Gasteiger partial charge >= 0.3 is 6.18 Å². The number of fused-ring (bicyclic) bond motifs is 1. The third kappa shape index (κ3) is 4.09. The molecule has 32 heavy (non-hydrogen) atoms. The number of carbonyl (C=O) groups excluding carboxylic acids is 1. The smallest absolute Gasteiger partial charge is 0.410 e. The monoisotopic (exact) mass is 486 g/mol. The number of aromatic nitrogens is 2. The number of amides is 1. The van der Waals surface area contributed by atoms with E-state index in [0.29, 0.717) is 17.2 Å². The fourth-order valence-corrected chi connectivity index (χ4v) is 4.57. The lowest BCUT2D eigenvalue weighted by atomic mass is 10.0. The Bertz CT molecular complexity index is 1130. The predicted molar refractivity (Wildman–Crippen MR) is 115 cm³/mol. The van der Waals surface area contributed by atoms with E-state index in [2.05, 4.69) is 15.7 Å². The highest BCUT2D eigenvalue weighted by Gasteiger charge is 2.48. The van der Waals surface area contributed by atoms with E-state index in [1.165, 1.54) is 31.6 Å². The van der Waals surface area contributed by atoms with Gasteiger partial charge in [-0.25, -0.2) is 4.68 Å². The summed E-state index contributed by atoms with van der Waals surface area (Å²) in [5.74, 6) is 0.0339. The van der Waals surface area contributed by atoms with Crippen molar-refractivity contribution >= 4 is 40.4 Å². The molecule has 170 valence electrons. The number of nitrogens with one attached hydrogen (secondary N) is 2. The molecule has 0 unspecified atom stereocenters. The number of nitrogens with zero attached hydrogens (tertiary/aromatic N) is 2. The van der Waals surface area contributed by atoms with E-state index < -0.39 is 24.2 Å². The number of methoxy groups -OCH3 is 2. The van der Waals surface area contributed by atoms with Crippen LogP contribution in [0.2, 0.25) is 5.02 Å². The van der Waals surface area contributed by atoms with E-state index in [1.54, 1.807) is 29.6 Å². The summed E-state index contributed by atoms with van der Waals surface area (Å²) in [6.07, 6.45) is -4.84. The normalized spacial score (nSPS) is 17.9. The lowest BCUT2D eigenvalue weighted by molar-refractivity contribution is -0.173. The molecule has 4 rings (SSSR count). The molecule has 2 atom stereocenters. The molecule has 0 aliphatic carbocycles. The molecular formula is C20H18ClF3N4O3S. The van der Waals surface area contributed by atoms with Gasteiger partial charge in [0.15, 0.2) is 23.2 Å². The maximum atomic E-state index is 13.8. The maximum absolute atomic E-state index is 13.8. The van der Waals surface area contributed by atoms with Crippen molar-refractivity contribution in [2.45, 2.75) is 24.7 Å². The quantitative estimate of drug-likeness (QED) is 0.496. The molecule has 1 aromatic carbocycles. The summed E-state index contributed by atoms with van der Waals surface area (Å²) in [6, 6.07) is 5.65. The maximum Gasteiger partial charge on any atom is 0.410 e. The van der Waals surface area contributed by atoms with Crippen molar-refractivity contribution in [2.75, 3.05) is 24.9 Å². The second-order valence-corrected chi connectivity index (χ2v) is 8.34. The van der Waals surface area contributed by atoms with Gasteiger partial charge in [-0.3, -0.25) is 4.79 Å². The molecule has 3 heterocycles. The lowest BCUT2D eigenvalue weighted by Crippen LogP contribution is -2.35. The van der Waals surface area contributed by atoms with Crippen molar-refractivity contribution in [1.29, 1.82) is 0 Å². The highest BCUT2D eigenvalue weighted by molar-refractivity contribution is 7.10. The number of rotatable bonds is 5. The largest absolute Gasteiger partial charge is 0.493 e. The number of hydrogen-bond acceptors (Lipinski definition) is 6. The minimum atomic E-state index is -4.57. The van der Waals surface area contributed by atoms with Crippen molar-refractivity contribution in [3.63, 3.8) is 0 Å². The van der Waals surface area contributed by atoms with Gasteiger partial charge in [0.2, 0.25) is 0 Å². The second-order valence-electron chi connectivity index (χ2n) is 6.99. The topological polar surface area (TPSA) is 77.4 Å². The minimum absolute atomic E-state index is 0.0453. The van der Waals surface area contributed by atoms with Crippen LogP contribution in [0, 0.1) is 0 Å². The summed E-state index contributed by atoms with van der Waals surface area (Å²) in [4.78, 5) is 13.6. The Morgan fingerprint density at radius 3 is 2.66 bits per heavy atom. The van der Waals surface area contributed by atoms with Crippen LogP contribution >= 0.6 is 22.9 Å². The standard InChI is InChI=1S/C20H18ClF3N4O3S/c1-30-12-6-5-10(8-13(12)31-2)25-19(29)17-16(21)18-26-11(14-4-3-7-32-14)9-15(20(22,23)24)28(18)27-17/h3-8,11,15,26H,9H2,1-2H3,(H,25,29)/t11-,15-/m1/s1. The Hall–Kier alpha value is -2.92. The summed E-state index contributed by atoms with van der Waals surface area (Å²) in [7, 11) is 2.91. The summed E-state index contributed by atoms with van der Waals surface area (Å²) in [5, 5.41) is 11.1. The average Bonchev–Trinajstić information content (AvgIpc) is 3.41. The van der Waals surface area contributed by atoms with Crippen LogP contribution in [0.25, 0.3) is 0 Å². The lowest BCUT2D eigenvalue weighted by Gasteiger charge is -2.32. The van der Waals surface area contributed by atoms with Gasteiger partial charge in [-0.15, -0.1) is 11.3 Å². The van der Waals surface area contributed by atoms with Gasteiger partial charge < -0.3 is 20.1 Å². The van der Waals surface area contributed by atoms with Crippen molar-refractivity contribution in [1.82, 2.24) is 9.78 Å². The number of halogens is 4. The summed E-state index contributed by atoms with van der Waals surface area (Å²) >= 11 is 7.68. The Labute approximate surface area is 190 Å². The highest BCUT2D eigenvalue weighted by Crippen LogP contribution is 2.47. The summed E-state index contributed by atoms with van der Waals surface area (Å²) < 4.78 is 52.6. The van der Waals surface area contributed by atoms with E-state index in [0.717, 1.165) is 9.56 Å². The van der Waals surface area contributed by atoms with Crippen molar-refractivity contribution < 1.29 is 27.4 Å².